The topological polar surface area (TPSA) is 105 Å². The molecule has 0 aromatic heterocycles. The van der Waals surface area contributed by atoms with Crippen molar-refractivity contribution in [1.29, 1.82) is 0 Å². The summed E-state index contributed by atoms with van der Waals surface area (Å²) in [5, 5.41) is 18.4. The zero-order valence-electron chi connectivity index (χ0n) is 13.4. The van der Waals surface area contributed by atoms with E-state index in [-0.39, 0.29) is 12.2 Å². The van der Waals surface area contributed by atoms with Crippen LogP contribution in [0.3, 0.4) is 0 Å². The van der Waals surface area contributed by atoms with Gasteiger partial charge in [-0.15, -0.1) is 0 Å². The molecule has 0 heterocycles. The summed E-state index contributed by atoms with van der Waals surface area (Å²) in [4.78, 5) is 27.8. The molecule has 7 nitrogen and oxygen atoms in total. The van der Waals surface area contributed by atoms with Gasteiger partial charge in [-0.3, -0.25) is 4.84 Å². The van der Waals surface area contributed by atoms with Gasteiger partial charge in [0.15, 0.2) is 6.10 Å². The molecule has 132 valence electrons. The fourth-order valence-corrected chi connectivity index (χ4v) is 2.72. The van der Waals surface area contributed by atoms with Gasteiger partial charge in [0.2, 0.25) is 0 Å². The smallest absolute Gasteiger partial charge is 0.431 e. The number of carboxylic acids is 1. The Labute approximate surface area is 140 Å². The molecule has 7 heteroatoms. The molecule has 0 radical (unpaired) electrons. The number of hydroxylamine groups is 1. The molecule has 1 atom stereocenters. The Kier molecular flexibility index (Phi) is 6.87. The number of hydrogen-bond acceptors (Lipinski definition) is 5. The highest BCUT2D eigenvalue weighted by molar-refractivity contribution is 5.73. The van der Waals surface area contributed by atoms with E-state index in [2.05, 4.69) is 0 Å². The molecule has 3 N–H and O–H groups in total. The van der Waals surface area contributed by atoms with Crippen LogP contribution in [0.4, 0.5) is 4.79 Å². The Balaban J connectivity index is 1.74. The number of nitrogens with one attached hydrogen (secondary N) is 1. The number of hydrogen-bond donors (Lipinski definition) is 3. The number of carbonyl (C=O) groups excluding carboxylic acids is 1. The predicted molar refractivity (Wildman–Crippen MR) is 85.4 cm³/mol. The van der Waals surface area contributed by atoms with Gasteiger partial charge in [0.25, 0.3) is 0 Å². The highest BCUT2D eigenvalue weighted by atomic mass is 16.7. The molecule has 1 aliphatic rings. The number of carboxylic acid groups (broad SMARTS) is 1. The van der Waals surface area contributed by atoms with Crippen molar-refractivity contribution in [1.82, 2.24) is 5.48 Å². The van der Waals surface area contributed by atoms with Crippen LogP contribution in [0.25, 0.3) is 0 Å². The standard InChI is InChI=1S/C17H23NO6/c19-14-8-6-12(7-9-14)10-15(16(20)21)24-18-17(22)23-11-13-4-2-1-3-5-13/h6-9,13,15,19H,1-5,10-11H2,(H,18,22)(H,20,21)/t15-/m1/s1. The van der Waals surface area contributed by atoms with Gasteiger partial charge in [0.1, 0.15) is 5.75 Å². The van der Waals surface area contributed by atoms with E-state index in [9.17, 15) is 14.7 Å². The van der Waals surface area contributed by atoms with E-state index in [0.29, 0.717) is 18.1 Å². The number of amides is 1. The number of aromatic hydroxyl groups is 1. The molecule has 0 spiro atoms. The molecule has 1 saturated carbocycles. The Morgan fingerprint density at radius 2 is 1.83 bits per heavy atom. The van der Waals surface area contributed by atoms with Crippen LogP contribution in [0.15, 0.2) is 24.3 Å². The summed E-state index contributed by atoms with van der Waals surface area (Å²) in [6.07, 6.45) is 3.66. The lowest BCUT2D eigenvalue weighted by Crippen LogP contribution is -2.36. The maximum Gasteiger partial charge on any atom is 0.431 e. The SMILES string of the molecule is O=C(NO[C@H](Cc1ccc(O)cc1)C(=O)O)OCC1CCCCC1. The van der Waals surface area contributed by atoms with Crippen LogP contribution >= 0.6 is 0 Å². The number of carbonyl (C=O) groups is 2. The van der Waals surface area contributed by atoms with Crippen LogP contribution in [0.2, 0.25) is 0 Å². The number of phenolic OH excluding ortho intramolecular Hbond substituents is 1. The lowest BCUT2D eigenvalue weighted by atomic mass is 9.90. The molecule has 1 fully saturated rings. The molecule has 1 aromatic carbocycles. The van der Waals surface area contributed by atoms with Crippen LogP contribution in [0, 0.1) is 5.92 Å². The monoisotopic (exact) mass is 337 g/mol. The zero-order chi connectivity index (χ0) is 17.4. The van der Waals surface area contributed by atoms with E-state index in [1.165, 1.54) is 18.6 Å². The van der Waals surface area contributed by atoms with E-state index in [1.807, 2.05) is 5.48 Å². The Hall–Kier alpha value is -2.28. The predicted octanol–water partition coefficient (Wildman–Crippen LogP) is 2.63. The third-order valence-electron chi connectivity index (χ3n) is 4.09. The van der Waals surface area contributed by atoms with Gasteiger partial charge in [0.05, 0.1) is 6.61 Å². The van der Waals surface area contributed by atoms with Crippen LogP contribution in [-0.2, 0) is 20.8 Å². The lowest BCUT2D eigenvalue weighted by Gasteiger charge is -2.21. The van der Waals surface area contributed by atoms with Crippen molar-refractivity contribution in [3.05, 3.63) is 29.8 Å². The third kappa shape index (κ3) is 6.08. The zero-order valence-corrected chi connectivity index (χ0v) is 13.4. The Bertz CT molecular complexity index is 539. The van der Waals surface area contributed by atoms with Crippen molar-refractivity contribution in [2.75, 3.05) is 6.61 Å². The number of ether oxygens (including phenoxy) is 1. The van der Waals surface area contributed by atoms with Crippen molar-refractivity contribution in [2.24, 2.45) is 5.92 Å². The van der Waals surface area contributed by atoms with E-state index in [1.54, 1.807) is 12.1 Å². The highest BCUT2D eigenvalue weighted by Crippen LogP contribution is 2.23. The maximum absolute atomic E-state index is 11.6. The molecular formula is C17H23NO6. The molecule has 1 aromatic rings. The number of benzene rings is 1. The van der Waals surface area contributed by atoms with Crippen LogP contribution in [0.1, 0.15) is 37.7 Å². The van der Waals surface area contributed by atoms with Gasteiger partial charge in [0, 0.05) is 6.42 Å². The van der Waals surface area contributed by atoms with E-state index >= 15 is 0 Å². The van der Waals surface area contributed by atoms with Crippen molar-refractivity contribution in [3.63, 3.8) is 0 Å². The second-order valence-corrected chi connectivity index (χ2v) is 6.02. The van der Waals surface area contributed by atoms with E-state index < -0.39 is 18.2 Å². The summed E-state index contributed by atoms with van der Waals surface area (Å²) in [5.74, 6) is -0.733. The minimum atomic E-state index is -1.24. The van der Waals surface area contributed by atoms with Gasteiger partial charge in [-0.05, 0) is 36.5 Å². The summed E-state index contributed by atoms with van der Waals surface area (Å²) in [5.41, 5.74) is 2.71. The van der Waals surface area contributed by atoms with Crippen LogP contribution in [0.5, 0.6) is 5.75 Å². The lowest BCUT2D eigenvalue weighted by molar-refractivity contribution is -0.154. The molecule has 0 unspecified atom stereocenters. The molecule has 0 aliphatic heterocycles. The normalized spacial score (nSPS) is 16.3. The summed E-state index contributed by atoms with van der Waals surface area (Å²) in [6.45, 7) is 0.324. The van der Waals surface area contributed by atoms with Crippen LogP contribution in [-0.4, -0.2) is 35.0 Å². The number of rotatable bonds is 7. The first-order valence-corrected chi connectivity index (χ1v) is 8.13. The average Bonchev–Trinajstić information content (AvgIpc) is 2.59. The first-order valence-electron chi connectivity index (χ1n) is 8.13. The molecule has 1 amide bonds. The molecule has 2 rings (SSSR count). The van der Waals surface area contributed by atoms with Gasteiger partial charge < -0.3 is 14.9 Å². The van der Waals surface area contributed by atoms with Gasteiger partial charge in [-0.1, -0.05) is 31.4 Å². The van der Waals surface area contributed by atoms with Crippen LogP contribution < -0.4 is 5.48 Å². The fourth-order valence-electron chi connectivity index (χ4n) is 2.72. The highest BCUT2D eigenvalue weighted by Gasteiger charge is 2.21. The minimum absolute atomic E-state index is 0.0541. The average molecular weight is 337 g/mol. The largest absolute Gasteiger partial charge is 0.508 e. The van der Waals surface area contributed by atoms with Crippen molar-refractivity contribution in [2.45, 2.75) is 44.6 Å². The quantitative estimate of drug-likeness (QED) is 0.661. The first kappa shape index (κ1) is 18.1. The van der Waals surface area contributed by atoms with Gasteiger partial charge in [-0.25, -0.2) is 9.59 Å². The molecular weight excluding hydrogens is 314 g/mol. The Morgan fingerprint density at radius 3 is 2.46 bits per heavy atom. The van der Waals surface area contributed by atoms with Gasteiger partial charge >= 0.3 is 12.1 Å². The molecule has 24 heavy (non-hydrogen) atoms. The van der Waals surface area contributed by atoms with Gasteiger partial charge in [-0.2, -0.15) is 5.48 Å². The minimum Gasteiger partial charge on any atom is -0.508 e. The summed E-state index contributed by atoms with van der Waals surface area (Å²) < 4.78 is 5.08. The molecule has 0 saturated heterocycles. The van der Waals surface area contributed by atoms with E-state index in [0.717, 1.165) is 25.7 Å². The second-order valence-electron chi connectivity index (χ2n) is 6.02. The second kappa shape index (κ2) is 9.12. The summed E-state index contributed by atoms with van der Waals surface area (Å²) >= 11 is 0. The summed E-state index contributed by atoms with van der Waals surface area (Å²) in [6, 6.07) is 6.10. The first-order chi connectivity index (χ1) is 11.5. The maximum atomic E-state index is 11.6. The van der Waals surface area contributed by atoms with E-state index in [4.69, 9.17) is 14.7 Å². The number of phenols is 1. The van der Waals surface area contributed by atoms with Crippen molar-refractivity contribution in [3.8, 4) is 5.75 Å². The third-order valence-corrected chi connectivity index (χ3v) is 4.09. The Morgan fingerprint density at radius 1 is 1.17 bits per heavy atom. The fraction of sp³-hybridized carbons (Fsp3) is 0.529. The molecule has 0 bridgehead atoms. The van der Waals surface area contributed by atoms with Crippen molar-refractivity contribution >= 4 is 12.1 Å². The molecule has 1 aliphatic carbocycles. The number of aliphatic carboxylic acids is 1. The summed E-state index contributed by atoms with van der Waals surface area (Å²) in [7, 11) is 0. The van der Waals surface area contributed by atoms with Crippen molar-refractivity contribution < 1.29 is 29.4 Å².